The molecule has 2 aliphatic rings. The maximum Gasteiger partial charge on any atom is 0.317 e. The molecule has 1 aromatic rings. The number of hydrogen-bond acceptors (Lipinski definition) is 6. The summed E-state index contributed by atoms with van der Waals surface area (Å²) in [6, 6.07) is 0.200. The van der Waals surface area contributed by atoms with Crippen LogP contribution in [0.15, 0.2) is 12.4 Å². The molecule has 25 heavy (non-hydrogen) atoms. The number of carboxylic acids is 1. The first kappa shape index (κ1) is 17.3. The molecule has 0 spiro atoms. The monoisotopic (exact) mass is 351 g/mol. The Hall–Kier alpha value is -2.49. The first-order chi connectivity index (χ1) is 11.9. The van der Waals surface area contributed by atoms with Gasteiger partial charge in [0.05, 0.1) is 11.5 Å². The molecule has 2 saturated carbocycles. The van der Waals surface area contributed by atoms with Crippen molar-refractivity contribution in [2.24, 2.45) is 5.92 Å². The highest BCUT2D eigenvalue weighted by molar-refractivity contribution is 5.76. The number of nitrogens with one attached hydrogen (secondary N) is 1. The lowest BCUT2D eigenvalue weighted by molar-refractivity contribution is -0.385. The van der Waals surface area contributed by atoms with Crippen LogP contribution in [0, 0.1) is 16.0 Å². The standard InChI is InChI=1S/C15H21N5O5/c21-14(8-19-7-13(5-16-19)20(24)25)17-11-3-12(4-11)18(9-15(22)23)6-10-1-2-10/h5,7,10-12H,1-4,6,8-9H2,(H,17,21)(H,22,23). The highest BCUT2D eigenvalue weighted by atomic mass is 16.6. The van der Waals surface area contributed by atoms with E-state index in [-0.39, 0.29) is 36.8 Å². The van der Waals surface area contributed by atoms with Crippen LogP contribution in [0.2, 0.25) is 0 Å². The third-order valence-electron chi connectivity index (χ3n) is 4.66. The number of carbonyl (C=O) groups is 2. The van der Waals surface area contributed by atoms with Gasteiger partial charge in [0.15, 0.2) is 0 Å². The average Bonchev–Trinajstić information content (AvgIpc) is 3.17. The van der Waals surface area contributed by atoms with E-state index in [9.17, 15) is 19.7 Å². The molecule has 1 amide bonds. The third-order valence-corrected chi connectivity index (χ3v) is 4.66. The fourth-order valence-corrected chi connectivity index (χ4v) is 3.11. The quantitative estimate of drug-likeness (QED) is 0.481. The number of nitrogens with zero attached hydrogens (tertiary/aromatic N) is 4. The van der Waals surface area contributed by atoms with Crippen molar-refractivity contribution in [3.8, 4) is 0 Å². The molecule has 0 bridgehead atoms. The number of rotatable bonds is 9. The zero-order valence-electron chi connectivity index (χ0n) is 13.7. The second kappa shape index (κ2) is 7.18. The summed E-state index contributed by atoms with van der Waals surface area (Å²) in [7, 11) is 0. The number of aromatic nitrogens is 2. The van der Waals surface area contributed by atoms with Gasteiger partial charge in [-0.15, -0.1) is 0 Å². The van der Waals surface area contributed by atoms with Gasteiger partial charge in [0.2, 0.25) is 5.91 Å². The SMILES string of the molecule is O=C(O)CN(CC1CC1)C1CC(NC(=O)Cn2cc([N+](=O)[O-])cn2)C1. The number of hydrogen-bond donors (Lipinski definition) is 2. The van der Waals surface area contributed by atoms with Gasteiger partial charge >= 0.3 is 11.7 Å². The summed E-state index contributed by atoms with van der Waals surface area (Å²) in [6.07, 6.45) is 6.11. The molecule has 10 heteroatoms. The fourth-order valence-electron chi connectivity index (χ4n) is 3.11. The molecule has 0 radical (unpaired) electrons. The molecule has 0 saturated heterocycles. The number of carbonyl (C=O) groups excluding carboxylic acids is 1. The Morgan fingerprint density at radius 2 is 2.16 bits per heavy atom. The van der Waals surface area contributed by atoms with E-state index in [0.717, 1.165) is 25.6 Å². The number of carboxylic acid groups (broad SMARTS) is 1. The van der Waals surface area contributed by atoms with Gasteiger partial charge in [-0.05, 0) is 31.6 Å². The molecule has 2 N–H and O–H groups in total. The highest BCUT2D eigenvalue weighted by Gasteiger charge is 2.37. The normalized spacial score (nSPS) is 22.4. The molecule has 0 aromatic carbocycles. The average molecular weight is 351 g/mol. The van der Waals surface area contributed by atoms with Crippen molar-refractivity contribution in [2.45, 2.75) is 44.3 Å². The van der Waals surface area contributed by atoms with E-state index in [0.29, 0.717) is 5.92 Å². The van der Waals surface area contributed by atoms with Crippen molar-refractivity contribution >= 4 is 17.6 Å². The zero-order chi connectivity index (χ0) is 18.0. The van der Waals surface area contributed by atoms with Gasteiger partial charge in [-0.25, -0.2) is 0 Å². The van der Waals surface area contributed by atoms with E-state index in [2.05, 4.69) is 10.4 Å². The van der Waals surface area contributed by atoms with Crippen molar-refractivity contribution in [2.75, 3.05) is 13.1 Å². The number of aliphatic carboxylic acids is 1. The minimum atomic E-state index is -0.826. The first-order valence-electron chi connectivity index (χ1n) is 8.32. The summed E-state index contributed by atoms with van der Waals surface area (Å²) < 4.78 is 1.23. The van der Waals surface area contributed by atoms with Gasteiger partial charge in [0.1, 0.15) is 18.9 Å². The zero-order valence-corrected chi connectivity index (χ0v) is 13.7. The maximum atomic E-state index is 12.0. The molecule has 1 aromatic heterocycles. The number of nitro groups is 1. The Morgan fingerprint density at radius 1 is 1.44 bits per heavy atom. The van der Waals surface area contributed by atoms with Crippen LogP contribution in [0.4, 0.5) is 5.69 Å². The molecular weight excluding hydrogens is 330 g/mol. The summed E-state index contributed by atoms with van der Waals surface area (Å²) in [5, 5.41) is 26.3. The maximum absolute atomic E-state index is 12.0. The van der Waals surface area contributed by atoms with Crippen molar-refractivity contribution in [1.29, 1.82) is 0 Å². The van der Waals surface area contributed by atoms with Crippen LogP contribution in [-0.2, 0) is 16.1 Å². The van der Waals surface area contributed by atoms with Gasteiger partial charge < -0.3 is 10.4 Å². The van der Waals surface area contributed by atoms with Gasteiger partial charge in [0, 0.05) is 18.6 Å². The second-order valence-electron chi connectivity index (χ2n) is 6.81. The van der Waals surface area contributed by atoms with E-state index in [4.69, 9.17) is 5.11 Å². The molecule has 10 nitrogen and oxygen atoms in total. The Balaban J connectivity index is 1.42. The summed E-state index contributed by atoms with van der Waals surface area (Å²) in [5.41, 5.74) is -0.152. The lowest BCUT2D eigenvalue weighted by Crippen LogP contribution is -2.55. The van der Waals surface area contributed by atoms with E-state index in [1.807, 2.05) is 4.90 Å². The predicted octanol–water partition coefficient (Wildman–Crippen LogP) is 0.235. The molecule has 0 unspecified atom stereocenters. The molecule has 3 rings (SSSR count). The molecule has 0 aliphatic heterocycles. The molecule has 0 atom stereocenters. The van der Waals surface area contributed by atoms with E-state index in [1.54, 1.807) is 0 Å². The van der Waals surface area contributed by atoms with Crippen LogP contribution in [0.25, 0.3) is 0 Å². The predicted molar refractivity (Wildman–Crippen MR) is 85.8 cm³/mol. The topological polar surface area (TPSA) is 131 Å². The summed E-state index contributed by atoms with van der Waals surface area (Å²) >= 11 is 0. The van der Waals surface area contributed by atoms with Crippen LogP contribution in [-0.4, -0.2) is 61.8 Å². The van der Waals surface area contributed by atoms with Crippen LogP contribution < -0.4 is 5.32 Å². The lowest BCUT2D eigenvalue weighted by Gasteiger charge is -2.42. The smallest absolute Gasteiger partial charge is 0.317 e. The van der Waals surface area contributed by atoms with Crippen LogP contribution in [0.3, 0.4) is 0 Å². The van der Waals surface area contributed by atoms with Crippen LogP contribution in [0.1, 0.15) is 25.7 Å². The number of amides is 1. The summed E-state index contributed by atoms with van der Waals surface area (Å²) in [6.45, 7) is 0.781. The van der Waals surface area contributed by atoms with Crippen LogP contribution >= 0.6 is 0 Å². The Bertz CT molecular complexity index is 665. The van der Waals surface area contributed by atoms with Gasteiger partial charge in [-0.2, -0.15) is 5.10 Å². The van der Waals surface area contributed by atoms with E-state index in [1.165, 1.54) is 23.7 Å². The second-order valence-corrected chi connectivity index (χ2v) is 6.81. The largest absolute Gasteiger partial charge is 0.480 e. The van der Waals surface area contributed by atoms with Gasteiger partial charge in [-0.3, -0.25) is 29.3 Å². The van der Waals surface area contributed by atoms with Crippen molar-refractivity contribution in [1.82, 2.24) is 20.0 Å². The fraction of sp³-hybridized carbons (Fsp3) is 0.667. The minimum Gasteiger partial charge on any atom is -0.480 e. The lowest BCUT2D eigenvalue weighted by atomic mass is 9.85. The minimum absolute atomic E-state index is 0.0125. The van der Waals surface area contributed by atoms with E-state index < -0.39 is 10.9 Å². The van der Waals surface area contributed by atoms with E-state index >= 15 is 0 Å². The van der Waals surface area contributed by atoms with Crippen LogP contribution in [0.5, 0.6) is 0 Å². The van der Waals surface area contributed by atoms with Crippen molar-refractivity contribution in [3.05, 3.63) is 22.5 Å². The first-order valence-corrected chi connectivity index (χ1v) is 8.32. The Labute approximate surface area is 143 Å². The van der Waals surface area contributed by atoms with Gasteiger partial charge in [0.25, 0.3) is 0 Å². The molecule has 2 aliphatic carbocycles. The Kier molecular flexibility index (Phi) is 4.98. The highest BCUT2D eigenvalue weighted by Crippen LogP contribution is 2.33. The molecule has 1 heterocycles. The third kappa shape index (κ3) is 4.75. The Morgan fingerprint density at radius 3 is 2.72 bits per heavy atom. The van der Waals surface area contributed by atoms with Crippen molar-refractivity contribution < 1.29 is 19.6 Å². The van der Waals surface area contributed by atoms with Gasteiger partial charge in [-0.1, -0.05) is 0 Å². The summed E-state index contributed by atoms with van der Waals surface area (Å²) in [4.78, 5) is 35.0. The molecular formula is C15H21N5O5. The molecule has 2 fully saturated rings. The summed E-state index contributed by atoms with van der Waals surface area (Å²) in [5.74, 6) is -0.467. The molecule has 136 valence electrons. The van der Waals surface area contributed by atoms with Crippen molar-refractivity contribution in [3.63, 3.8) is 0 Å².